The molecule has 1 fully saturated rings. The maximum atomic E-state index is 4.57. The van der Waals surface area contributed by atoms with E-state index in [-0.39, 0.29) is 0 Å². The van der Waals surface area contributed by atoms with Crippen LogP contribution in [0.2, 0.25) is 0 Å². The van der Waals surface area contributed by atoms with Gasteiger partial charge in [0.05, 0.1) is 0 Å². The van der Waals surface area contributed by atoms with Gasteiger partial charge in [0, 0.05) is 44.0 Å². The second-order valence-corrected chi connectivity index (χ2v) is 4.71. The Morgan fingerprint density at radius 3 is 2.82 bits per heavy atom. The van der Waals surface area contributed by atoms with Crippen LogP contribution in [0, 0.1) is 0 Å². The van der Waals surface area contributed by atoms with Gasteiger partial charge in [0.15, 0.2) is 0 Å². The molecule has 17 heavy (non-hydrogen) atoms. The zero-order valence-electron chi connectivity index (χ0n) is 9.33. The lowest BCUT2D eigenvalue weighted by atomic mass is 10.4. The van der Waals surface area contributed by atoms with Gasteiger partial charge in [0.1, 0.15) is 10.7 Å². The Morgan fingerprint density at radius 1 is 1.18 bits per heavy atom. The topological polar surface area (TPSA) is 53.9 Å². The van der Waals surface area contributed by atoms with Gasteiger partial charge in [0.25, 0.3) is 0 Å². The Balaban J connectivity index is 1.88. The fraction of sp³-hybridized carbons (Fsp3) is 0.364. The monoisotopic (exact) mass is 247 g/mol. The summed E-state index contributed by atoms with van der Waals surface area (Å²) in [5.41, 5.74) is 0.906. The van der Waals surface area contributed by atoms with Crippen molar-refractivity contribution in [3.05, 3.63) is 23.8 Å². The molecule has 0 radical (unpaired) electrons. The van der Waals surface area contributed by atoms with Gasteiger partial charge in [-0.1, -0.05) is 0 Å². The van der Waals surface area contributed by atoms with Gasteiger partial charge in [-0.05, 0) is 6.07 Å². The minimum Gasteiger partial charge on any atom is -0.338 e. The Kier molecular flexibility index (Phi) is 2.98. The molecule has 2 aromatic heterocycles. The molecular formula is C11H13N5S. The molecule has 6 heteroatoms. The second kappa shape index (κ2) is 4.77. The Morgan fingerprint density at radius 2 is 2.06 bits per heavy atom. The van der Waals surface area contributed by atoms with E-state index in [1.165, 1.54) is 0 Å². The molecule has 1 N–H and O–H groups in total. The first-order valence-corrected chi connectivity index (χ1v) is 6.50. The van der Waals surface area contributed by atoms with Gasteiger partial charge in [-0.15, -0.1) is 11.3 Å². The summed E-state index contributed by atoms with van der Waals surface area (Å²) >= 11 is 1.60. The highest BCUT2D eigenvalue weighted by atomic mass is 32.1. The molecule has 0 bridgehead atoms. The third-order valence-corrected chi connectivity index (χ3v) is 3.49. The van der Waals surface area contributed by atoms with Crippen molar-refractivity contribution in [2.24, 2.45) is 0 Å². The maximum absolute atomic E-state index is 4.57. The zero-order chi connectivity index (χ0) is 11.5. The molecule has 0 saturated carbocycles. The SMILES string of the molecule is c1cc(-c2nccs2)nc(N2CCNCC2)n1. The van der Waals surface area contributed by atoms with Crippen molar-refractivity contribution in [1.82, 2.24) is 20.3 Å². The fourth-order valence-electron chi connectivity index (χ4n) is 1.83. The Labute approximate surface area is 104 Å². The van der Waals surface area contributed by atoms with Crippen molar-refractivity contribution in [2.45, 2.75) is 0 Å². The van der Waals surface area contributed by atoms with Crippen LogP contribution in [0.5, 0.6) is 0 Å². The summed E-state index contributed by atoms with van der Waals surface area (Å²) in [6.07, 6.45) is 3.60. The first kappa shape index (κ1) is 10.6. The Bertz CT molecular complexity index is 478. The minimum atomic E-state index is 0.805. The molecule has 2 aromatic rings. The normalized spacial score (nSPS) is 16.1. The number of aromatic nitrogens is 3. The van der Waals surface area contributed by atoms with Crippen molar-refractivity contribution in [1.29, 1.82) is 0 Å². The van der Waals surface area contributed by atoms with Crippen molar-refractivity contribution in [3.63, 3.8) is 0 Å². The zero-order valence-corrected chi connectivity index (χ0v) is 10.2. The molecule has 0 atom stereocenters. The van der Waals surface area contributed by atoms with Crippen LogP contribution in [0.1, 0.15) is 0 Å². The highest BCUT2D eigenvalue weighted by Crippen LogP contribution is 2.20. The number of thiazole rings is 1. The molecule has 3 heterocycles. The standard InChI is InChI=1S/C11H13N5S/c1-2-14-11(16-6-3-12-4-7-16)15-9(1)10-13-5-8-17-10/h1-2,5,8,12H,3-4,6-7H2. The third kappa shape index (κ3) is 2.27. The van der Waals surface area contributed by atoms with Gasteiger partial charge >= 0.3 is 0 Å². The molecule has 1 saturated heterocycles. The van der Waals surface area contributed by atoms with Gasteiger partial charge in [-0.2, -0.15) is 0 Å². The number of hydrogen-bond donors (Lipinski definition) is 1. The summed E-state index contributed by atoms with van der Waals surface area (Å²) in [5.74, 6) is 0.805. The van der Waals surface area contributed by atoms with E-state index in [0.717, 1.165) is 42.8 Å². The minimum absolute atomic E-state index is 0.805. The number of nitrogens with one attached hydrogen (secondary N) is 1. The molecule has 5 nitrogen and oxygen atoms in total. The van der Waals surface area contributed by atoms with Crippen LogP contribution in [0.4, 0.5) is 5.95 Å². The van der Waals surface area contributed by atoms with Crippen molar-refractivity contribution >= 4 is 17.3 Å². The van der Waals surface area contributed by atoms with E-state index in [1.807, 2.05) is 11.4 Å². The van der Waals surface area contributed by atoms with Crippen LogP contribution in [-0.2, 0) is 0 Å². The van der Waals surface area contributed by atoms with Crippen LogP contribution in [0.15, 0.2) is 23.8 Å². The number of anilines is 1. The quantitative estimate of drug-likeness (QED) is 0.858. The summed E-state index contributed by atoms with van der Waals surface area (Å²) in [7, 11) is 0. The average Bonchev–Trinajstić information content (AvgIpc) is 2.94. The van der Waals surface area contributed by atoms with E-state index in [1.54, 1.807) is 23.7 Å². The van der Waals surface area contributed by atoms with Crippen LogP contribution in [0.3, 0.4) is 0 Å². The molecule has 88 valence electrons. The van der Waals surface area contributed by atoms with E-state index in [9.17, 15) is 0 Å². The smallest absolute Gasteiger partial charge is 0.226 e. The lowest BCUT2D eigenvalue weighted by molar-refractivity contribution is 0.580. The van der Waals surface area contributed by atoms with Crippen molar-refractivity contribution in [3.8, 4) is 10.7 Å². The number of rotatable bonds is 2. The van der Waals surface area contributed by atoms with E-state index >= 15 is 0 Å². The molecule has 0 spiro atoms. The molecular weight excluding hydrogens is 234 g/mol. The third-order valence-electron chi connectivity index (χ3n) is 2.69. The summed E-state index contributed by atoms with van der Waals surface area (Å²) in [6.45, 7) is 3.90. The van der Waals surface area contributed by atoms with Crippen LogP contribution in [0.25, 0.3) is 10.7 Å². The summed E-state index contributed by atoms with van der Waals surface area (Å²) in [6, 6.07) is 1.91. The van der Waals surface area contributed by atoms with Crippen LogP contribution < -0.4 is 10.2 Å². The first-order valence-electron chi connectivity index (χ1n) is 5.62. The Hall–Kier alpha value is -1.53. The molecule has 0 aromatic carbocycles. The van der Waals surface area contributed by atoms with Crippen LogP contribution >= 0.6 is 11.3 Å². The molecule has 0 aliphatic carbocycles. The van der Waals surface area contributed by atoms with Gasteiger partial charge in [0.2, 0.25) is 5.95 Å². The number of hydrogen-bond acceptors (Lipinski definition) is 6. The molecule has 0 amide bonds. The molecule has 0 unspecified atom stereocenters. The summed E-state index contributed by atoms with van der Waals surface area (Å²) < 4.78 is 0. The van der Waals surface area contributed by atoms with E-state index < -0.39 is 0 Å². The van der Waals surface area contributed by atoms with Gasteiger partial charge < -0.3 is 10.2 Å². The van der Waals surface area contributed by atoms with Crippen LogP contribution in [-0.4, -0.2) is 41.1 Å². The highest BCUT2D eigenvalue weighted by Gasteiger charge is 2.13. The summed E-state index contributed by atoms with van der Waals surface area (Å²) in [4.78, 5) is 15.4. The van der Waals surface area contributed by atoms with Gasteiger partial charge in [-0.25, -0.2) is 15.0 Å². The number of nitrogens with zero attached hydrogens (tertiary/aromatic N) is 4. The predicted molar refractivity (Wildman–Crippen MR) is 68.2 cm³/mol. The number of piperazine rings is 1. The predicted octanol–water partition coefficient (Wildman–Crippen LogP) is 1.01. The second-order valence-electron chi connectivity index (χ2n) is 3.82. The largest absolute Gasteiger partial charge is 0.338 e. The van der Waals surface area contributed by atoms with E-state index in [4.69, 9.17) is 0 Å². The van der Waals surface area contributed by atoms with Crippen molar-refractivity contribution in [2.75, 3.05) is 31.1 Å². The molecule has 3 rings (SSSR count). The molecule has 1 aliphatic rings. The molecule has 1 aliphatic heterocycles. The summed E-state index contributed by atoms with van der Waals surface area (Å²) in [5, 5.41) is 6.23. The lowest BCUT2D eigenvalue weighted by Crippen LogP contribution is -2.44. The maximum Gasteiger partial charge on any atom is 0.226 e. The van der Waals surface area contributed by atoms with E-state index in [2.05, 4.69) is 25.2 Å². The van der Waals surface area contributed by atoms with E-state index in [0.29, 0.717) is 0 Å². The van der Waals surface area contributed by atoms with Gasteiger partial charge in [-0.3, -0.25) is 0 Å². The fourth-order valence-corrected chi connectivity index (χ4v) is 2.44. The lowest BCUT2D eigenvalue weighted by Gasteiger charge is -2.27. The van der Waals surface area contributed by atoms with Crippen molar-refractivity contribution < 1.29 is 0 Å². The average molecular weight is 247 g/mol. The first-order chi connectivity index (χ1) is 8.43. The highest BCUT2D eigenvalue weighted by molar-refractivity contribution is 7.13.